The highest BCUT2D eigenvalue weighted by Gasteiger charge is 2.08. The van der Waals surface area contributed by atoms with E-state index in [0.29, 0.717) is 16.6 Å². The first-order valence-corrected chi connectivity index (χ1v) is 4.60. The molecule has 0 spiro atoms. The van der Waals surface area contributed by atoms with Crippen molar-refractivity contribution in [2.45, 2.75) is 13.3 Å². The van der Waals surface area contributed by atoms with Crippen LogP contribution in [0, 0.1) is 11.3 Å². The molecule has 3 nitrogen and oxygen atoms in total. The van der Waals surface area contributed by atoms with E-state index in [1.807, 2.05) is 6.07 Å². The fourth-order valence-corrected chi connectivity index (χ4v) is 1.41. The van der Waals surface area contributed by atoms with Gasteiger partial charge in [-0.3, -0.25) is 0 Å². The van der Waals surface area contributed by atoms with Crippen molar-refractivity contribution in [2.75, 3.05) is 0 Å². The van der Waals surface area contributed by atoms with Crippen molar-refractivity contribution >= 4 is 11.0 Å². The van der Waals surface area contributed by atoms with Gasteiger partial charge in [0.1, 0.15) is 13.3 Å². The molecule has 0 aliphatic carbocycles. The van der Waals surface area contributed by atoms with E-state index < -0.39 is 13.3 Å². The minimum atomic E-state index is -0.862. The van der Waals surface area contributed by atoms with E-state index >= 15 is 0 Å². The largest absolute Gasteiger partial charge is 0.246 e. The van der Waals surface area contributed by atoms with Gasteiger partial charge in [0.05, 0.1) is 34.1 Å². The van der Waals surface area contributed by atoms with Crippen molar-refractivity contribution in [3.63, 3.8) is 0 Å². The molecule has 16 heavy (non-hydrogen) atoms. The lowest BCUT2D eigenvalue weighted by molar-refractivity contribution is 0.440. The first-order valence-electron chi connectivity index (χ1n) is 4.60. The number of nitrogens with zero attached hydrogens (tertiary/aromatic N) is 3. The van der Waals surface area contributed by atoms with Gasteiger partial charge in [-0.15, -0.1) is 0 Å². The SMILES string of the molecule is N#Cc1ccc2nc(CF)c(CF)nc2c1. The monoisotopic (exact) mass is 219 g/mol. The van der Waals surface area contributed by atoms with E-state index in [1.54, 1.807) is 12.1 Å². The van der Waals surface area contributed by atoms with Gasteiger partial charge in [0.15, 0.2) is 0 Å². The van der Waals surface area contributed by atoms with Crippen molar-refractivity contribution in [1.82, 2.24) is 9.97 Å². The van der Waals surface area contributed by atoms with E-state index in [1.165, 1.54) is 6.07 Å². The Labute approximate surface area is 90.4 Å². The van der Waals surface area contributed by atoms with E-state index in [-0.39, 0.29) is 11.4 Å². The van der Waals surface area contributed by atoms with Crippen LogP contribution < -0.4 is 0 Å². The van der Waals surface area contributed by atoms with Crippen LogP contribution in [0.15, 0.2) is 18.2 Å². The standard InChI is InChI=1S/C11H7F2N3/c12-4-10-11(5-13)16-9-3-7(6-14)1-2-8(9)15-10/h1-3H,4-5H2. The first-order chi connectivity index (χ1) is 7.78. The third-order valence-electron chi connectivity index (χ3n) is 2.20. The van der Waals surface area contributed by atoms with Gasteiger partial charge in [0.25, 0.3) is 0 Å². The van der Waals surface area contributed by atoms with E-state index in [0.717, 1.165) is 0 Å². The topological polar surface area (TPSA) is 49.6 Å². The van der Waals surface area contributed by atoms with Gasteiger partial charge in [-0.1, -0.05) is 0 Å². The summed E-state index contributed by atoms with van der Waals surface area (Å²) in [5.74, 6) is 0. The van der Waals surface area contributed by atoms with Crippen LogP contribution in [0.1, 0.15) is 17.0 Å². The maximum atomic E-state index is 12.5. The van der Waals surface area contributed by atoms with Crippen LogP contribution in [0.4, 0.5) is 8.78 Å². The Morgan fingerprint density at radius 3 is 2.25 bits per heavy atom. The molecule has 0 aliphatic rings. The number of rotatable bonds is 2. The molecule has 0 amide bonds. The number of fused-ring (bicyclic) bond motifs is 1. The van der Waals surface area contributed by atoms with Gasteiger partial charge >= 0.3 is 0 Å². The van der Waals surface area contributed by atoms with Crippen LogP contribution >= 0.6 is 0 Å². The first kappa shape index (κ1) is 10.4. The predicted octanol–water partition coefficient (Wildman–Crippen LogP) is 2.44. The number of aromatic nitrogens is 2. The molecular formula is C11H7F2N3. The predicted molar refractivity (Wildman–Crippen MR) is 53.9 cm³/mol. The van der Waals surface area contributed by atoms with Crippen molar-refractivity contribution in [3.05, 3.63) is 35.2 Å². The molecule has 1 aromatic heterocycles. The highest BCUT2D eigenvalue weighted by molar-refractivity contribution is 5.76. The van der Waals surface area contributed by atoms with Gasteiger partial charge < -0.3 is 0 Å². The zero-order valence-corrected chi connectivity index (χ0v) is 8.24. The number of hydrogen-bond donors (Lipinski definition) is 0. The lowest BCUT2D eigenvalue weighted by atomic mass is 10.2. The Kier molecular flexibility index (Phi) is 2.73. The van der Waals surface area contributed by atoms with Crippen LogP contribution in [0.25, 0.3) is 11.0 Å². The molecule has 0 N–H and O–H groups in total. The van der Waals surface area contributed by atoms with E-state index in [2.05, 4.69) is 9.97 Å². The summed E-state index contributed by atoms with van der Waals surface area (Å²) >= 11 is 0. The lowest BCUT2D eigenvalue weighted by Gasteiger charge is -2.04. The maximum absolute atomic E-state index is 12.5. The fourth-order valence-electron chi connectivity index (χ4n) is 1.41. The average molecular weight is 219 g/mol. The van der Waals surface area contributed by atoms with Crippen LogP contribution in [0.2, 0.25) is 0 Å². The van der Waals surface area contributed by atoms with Crippen molar-refractivity contribution < 1.29 is 8.78 Å². The van der Waals surface area contributed by atoms with Crippen molar-refractivity contribution in [2.24, 2.45) is 0 Å². The van der Waals surface area contributed by atoms with Crippen molar-refractivity contribution in [1.29, 1.82) is 5.26 Å². The Hall–Kier alpha value is -2.09. The molecule has 0 unspecified atom stereocenters. The van der Waals surface area contributed by atoms with Crippen LogP contribution in [-0.4, -0.2) is 9.97 Å². The molecule has 80 valence electrons. The summed E-state index contributed by atoms with van der Waals surface area (Å²) < 4.78 is 25.1. The summed E-state index contributed by atoms with van der Waals surface area (Å²) in [4.78, 5) is 7.90. The van der Waals surface area contributed by atoms with Crippen LogP contribution in [0.5, 0.6) is 0 Å². The molecule has 0 atom stereocenters. The summed E-state index contributed by atoms with van der Waals surface area (Å²) in [5, 5.41) is 8.69. The molecule has 0 saturated heterocycles. The second kappa shape index (κ2) is 4.19. The Balaban J connectivity index is 2.69. The van der Waals surface area contributed by atoms with Crippen LogP contribution in [0.3, 0.4) is 0 Å². The summed E-state index contributed by atoms with van der Waals surface area (Å²) in [6.45, 7) is -1.71. The second-order valence-electron chi connectivity index (χ2n) is 3.20. The molecule has 0 bridgehead atoms. The number of benzene rings is 1. The number of alkyl halides is 2. The molecule has 0 saturated carbocycles. The van der Waals surface area contributed by atoms with E-state index in [4.69, 9.17) is 5.26 Å². The van der Waals surface area contributed by atoms with E-state index in [9.17, 15) is 8.78 Å². The smallest absolute Gasteiger partial charge is 0.133 e. The quantitative estimate of drug-likeness (QED) is 0.779. The van der Waals surface area contributed by atoms with Crippen molar-refractivity contribution in [3.8, 4) is 6.07 Å². The third kappa shape index (κ3) is 1.70. The Morgan fingerprint density at radius 1 is 1.06 bits per heavy atom. The third-order valence-corrected chi connectivity index (χ3v) is 2.20. The molecule has 5 heteroatoms. The number of hydrogen-bond acceptors (Lipinski definition) is 3. The molecule has 0 radical (unpaired) electrons. The number of nitriles is 1. The second-order valence-corrected chi connectivity index (χ2v) is 3.20. The maximum Gasteiger partial charge on any atom is 0.133 e. The summed E-state index contributed by atoms with van der Waals surface area (Å²) in [6, 6.07) is 6.59. The molecule has 0 aliphatic heterocycles. The normalized spacial score (nSPS) is 10.3. The summed E-state index contributed by atoms with van der Waals surface area (Å²) in [6.07, 6.45) is 0. The lowest BCUT2D eigenvalue weighted by Crippen LogP contribution is -1.99. The highest BCUT2D eigenvalue weighted by Crippen LogP contribution is 2.16. The van der Waals surface area contributed by atoms with Crippen LogP contribution in [-0.2, 0) is 13.3 Å². The zero-order chi connectivity index (χ0) is 11.5. The van der Waals surface area contributed by atoms with Gasteiger partial charge in [0, 0.05) is 0 Å². The molecular weight excluding hydrogens is 212 g/mol. The molecule has 1 heterocycles. The Bertz CT molecular complexity index is 575. The summed E-state index contributed by atoms with van der Waals surface area (Å²) in [5.41, 5.74) is 1.29. The highest BCUT2D eigenvalue weighted by atomic mass is 19.1. The molecule has 0 fully saturated rings. The minimum Gasteiger partial charge on any atom is -0.246 e. The van der Waals surface area contributed by atoms with Gasteiger partial charge in [-0.2, -0.15) is 5.26 Å². The van der Waals surface area contributed by atoms with Gasteiger partial charge in [0.2, 0.25) is 0 Å². The molecule has 1 aromatic carbocycles. The molecule has 2 rings (SSSR count). The number of halogens is 2. The van der Waals surface area contributed by atoms with Gasteiger partial charge in [-0.25, -0.2) is 18.7 Å². The molecule has 2 aromatic rings. The summed E-state index contributed by atoms with van der Waals surface area (Å²) in [7, 11) is 0. The fraction of sp³-hybridized carbons (Fsp3) is 0.182. The zero-order valence-electron chi connectivity index (χ0n) is 8.24. The Morgan fingerprint density at radius 2 is 1.69 bits per heavy atom. The van der Waals surface area contributed by atoms with Gasteiger partial charge in [-0.05, 0) is 18.2 Å². The minimum absolute atomic E-state index is 0.00918. The average Bonchev–Trinajstić information content (AvgIpc) is 2.36.